The van der Waals surface area contributed by atoms with Gasteiger partial charge < -0.3 is 5.11 Å². The van der Waals surface area contributed by atoms with Crippen LogP contribution in [0.2, 0.25) is 0 Å². The summed E-state index contributed by atoms with van der Waals surface area (Å²) in [5.74, 6) is 0. The molecule has 0 unspecified atom stereocenters. The third kappa shape index (κ3) is 4.58. The highest BCUT2D eigenvalue weighted by Gasteiger charge is 2.29. The summed E-state index contributed by atoms with van der Waals surface area (Å²) >= 11 is 0. The summed E-state index contributed by atoms with van der Waals surface area (Å²) in [7, 11) is 0. The average molecular weight is 337 g/mol. The van der Waals surface area contributed by atoms with E-state index in [4.69, 9.17) is 0 Å². The van der Waals surface area contributed by atoms with Crippen molar-refractivity contribution in [3.05, 3.63) is 59.2 Å². The number of rotatable bonds is 6. The second kappa shape index (κ2) is 7.81. The maximum Gasteiger partial charge on any atom is 0.416 e. The van der Waals surface area contributed by atoms with E-state index in [1.807, 2.05) is 36.9 Å². The molecule has 0 saturated carbocycles. The molecule has 0 heterocycles. The van der Waals surface area contributed by atoms with Gasteiger partial charge in [-0.2, -0.15) is 13.2 Å². The van der Waals surface area contributed by atoms with Crippen molar-refractivity contribution in [1.29, 1.82) is 0 Å². The van der Waals surface area contributed by atoms with Crippen LogP contribution in [0.3, 0.4) is 0 Å². The molecule has 0 amide bonds. The van der Waals surface area contributed by atoms with Crippen molar-refractivity contribution in [3.63, 3.8) is 0 Å². The first kappa shape index (κ1) is 18.5. The van der Waals surface area contributed by atoms with Crippen LogP contribution in [0.5, 0.6) is 0 Å². The van der Waals surface area contributed by atoms with Gasteiger partial charge in [0.05, 0.1) is 12.3 Å². The number of aliphatic hydroxyl groups is 1. The second-order valence-corrected chi connectivity index (χ2v) is 5.91. The maximum atomic E-state index is 12.7. The van der Waals surface area contributed by atoms with Crippen LogP contribution in [-0.2, 0) is 12.7 Å². The van der Waals surface area contributed by atoms with Gasteiger partial charge in [-0.05, 0) is 53.8 Å². The van der Waals surface area contributed by atoms with Crippen molar-refractivity contribution in [2.75, 3.05) is 13.3 Å². The molecule has 0 radical (unpaired) electrons. The molecule has 130 valence electrons. The van der Waals surface area contributed by atoms with Gasteiger partial charge in [-0.3, -0.25) is 4.90 Å². The van der Waals surface area contributed by atoms with Gasteiger partial charge in [0, 0.05) is 13.1 Å². The van der Waals surface area contributed by atoms with E-state index >= 15 is 0 Å². The van der Waals surface area contributed by atoms with Crippen molar-refractivity contribution < 1.29 is 18.3 Å². The molecule has 0 saturated heterocycles. The van der Waals surface area contributed by atoms with E-state index in [1.165, 1.54) is 12.1 Å². The Bertz CT molecular complexity index is 665. The fourth-order valence-corrected chi connectivity index (χ4v) is 2.63. The van der Waals surface area contributed by atoms with Crippen LogP contribution in [0.25, 0.3) is 11.1 Å². The summed E-state index contributed by atoms with van der Waals surface area (Å²) in [6, 6.07) is 11.0. The van der Waals surface area contributed by atoms with Gasteiger partial charge in [-0.15, -0.1) is 0 Å². The number of halogens is 3. The fraction of sp³-hybridized carbons (Fsp3) is 0.368. The molecule has 0 spiro atoms. The summed E-state index contributed by atoms with van der Waals surface area (Å²) in [4.78, 5) is 1.93. The Hall–Kier alpha value is -1.85. The van der Waals surface area contributed by atoms with E-state index in [-0.39, 0.29) is 6.73 Å². The predicted molar refractivity (Wildman–Crippen MR) is 89.4 cm³/mol. The lowest BCUT2D eigenvalue weighted by atomic mass is 9.98. The van der Waals surface area contributed by atoms with Crippen LogP contribution in [-0.4, -0.2) is 23.3 Å². The predicted octanol–water partition coefficient (Wildman–Crippen LogP) is 4.84. The Labute approximate surface area is 140 Å². The van der Waals surface area contributed by atoms with E-state index in [0.717, 1.165) is 47.4 Å². The normalized spacial score (nSPS) is 12.0. The third-order valence-corrected chi connectivity index (χ3v) is 4.03. The van der Waals surface area contributed by atoms with Gasteiger partial charge >= 0.3 is 6.18 Å². The first-order chi connectivity index (χ1) is 11.3. The molecule has 24 heavy (non-hydrogen) atoms. The number of hydrogen-bond donors (Lipinski definition) is 1. The highest BCUT2D eigenvalue weighted by molar-refractivity contribution is 5.65. The van der Waals surface area contributed by atoms with Crippen molar-refractivity contribution >= 4 is 0 Å². The van der Waals surface area contributed by atoms with Crippen LogP contribution in [0, 0.1) is 6.92 Å². The lowest BCUT2D eigenvalue weighted by molar-refractivity contribution is -0.137. The fourth-order valence-electron chi connectivity index (χ4n) is 2.63. The Morgan fingerprint density at radius 3 is 2.17 bits per heavy atom. The molecule has 2 rings (SSSR count). The smallest absolute Gasteiger partial charge is 0.381 e. The van der Waals surface area contributed by atoms with Gasteiger partial charge in [-0.1, -0.05) is 31.2 Å². The quantitative estimate of drug-likeness (QED) is 0.762. The Kier molecular flexibility index (Phi) is 6.02. The number of nitrogens with zero attached hydrogens (tertiary/aromatic N) is 1. The topological polar surface area (TPSA) is 23.5 Å². The summed E-state index contributed by atoms with van der Waals surface area (Å²) in [6.07, 6.45) is -3.38. The number of aryl methyl sites for hydroxylation is 1. The van der Waals surface area contributed by atoms with Gasteiger partial charge in [0.2, 0.25) is 0 Å². The molecular formula is C19H22F3NO. The van der Waals surface area contributed by atoms with Crippen molar-refractivity contribution in [3.8, 4) is 11.1 Å². The van der Waals surface area contributed by atoms with Crippen LogP contribution < -0.4 is 0 Å². The molecule has 2 aromatic rings. The molecule has 2 nitrogen and oxygen atoms in total. The molecule has 0 bridgehead atoms. The molecule has 0 aliphatic rings. The molecule has 5 heteroatoms. The SMILES string of the molecule is CCCN(CO)Cc1cc(-c2ccc(C(F)(F)F)cc2)ccc1C. The average Bonchev–Trinajstić information content (AvgIpc) is 2.55. The summed E-state index contributed by atoms with van der Waals surface area (Å²) < 4.78 is 38.0. The van der Waals surface area contributed by atoms with Gasteiger partial charge in [-0.25, -0.2) is 0 Å². The largest absolute Gasteiger partial charge is 0.416 e. The van der Waals surface area contributed by atoms with E-state index < -0.39 is 11.7 Å². The third-order valence-electron chi connectivity index (χ3n) is 4.03. The summed E-state index contributed by atoms with van der Waals surface area (Å²) in [5.41, 5.74) is 3.14. The number of aliphatic hydroxyl groups excluding tert-OH is 1. The highest BCUT2D eigenvalue weighted by Crippen LogP contribution is 2.31. The Morgan fingerprint density at radius 1 is 1.00 bits per heavy atom. The molecule has 0 atom stereocenters. The minimum Gasteiger partial charge on any atom is -0.381 e. The molecule has 0 aliphatic heterocycles. The number of hydrogen-bond acceptors (Lipinski definition) is 2. The lowest BCUT2D eigenvalue weighted by Crippen LogP contribution is -2.25. The Balaban J connectivity index is 2.27. The monoisotopic (exact) mass is 337 g/mol. The number of benzene rings is 2. The van der Waals surface area contributed by atoms with Gasteiger partial charge in [0.25, 0.3) is 0 Å². The van der Waals surface area contributed by atoms with Crippen LogP contribution in [0.1, 0.15) is 30.0 Å². The molecule has 0 fully saturated rings. The summed E-state index contributed by atoms with van der Waals surface area (Å²) in [5, 5.41) is 9.42. The zero-order valence-corrected chi connectivity index (χ0v) is 13.9. The van der Waals surface area contributed by atoms with Crippen LogP contribution in [0.4, 0.5) is 13.2 Å². The Morgan fingerprint density at radius 2 is 1.62 bits per heavy atom. The first-order valence-electron chi connectivity index (χ1n) is 7.95. The molecule has 0 aromatic heterocycles. The van der Waals surface area contributed by atoms with E-state index in [9.17, 15) is 18.3 Å². The second-order valence-electron chi connectivity index (χ2n) is 5.91. The van der Waals surface area contributed by atoms with Crippen molar-refractivity contribution in [2.45, 2.75) is 33.0 Å². The number of alkyl halides is 3. The first-order valence-corrected chi connectivity index (χ1v) is 7.95. The molecule has 0 aliphatic carbocycles. The molecule has 2 aromatic carbocycles. The minimum atomic E-state index is -4.32. The maximum absolute atomic E-state index is 12.7. The van der Waals surface area contributed by atoms with Gasteiger partial charge in [0.15, 0.2) is 0 Å². The standard InChI is InChI=1S/C19H22F3NO/c1-3-10-23(13-24)12-17-11-16(5-4-14(17)2)15-6-8-18(9-7-15)19(20,21)22/h4-9,11,24H,3,10,12-13H2,1-2H3. The van der Waals surface area contributed by atoms with Crippen molar-refractivity contribution in [2.24, 2.45) is 0 Å². The van der Waals surface area contributed by atoms with Crippen LogP contribution in [0.15, 0.2) is 42.5 Å². The van der Waals surface area contributed by atoms with E-state index in [2.05, 4.69) is 0 Å². The lowest BCUT2D eigenvalue weighted by Gasteiger charge is -2.20. The van der Waals surface area contributed by atoms with Crippen LogP contribution >= 0.6 is 0 Å². The highest BCUT2D eigenvalue weighted by atomic mass is 19.4. The van der Waals surface area contributed by atoms with Crippen molar-refractivity contribution in [1.82, 2.24) is 4.90 Å². The van der Waals surface area contributed by atoms with E-state index in [0.29, 0.717) is 6.54 Å². The van der Waals surface area contributed by atoms with Gasteiger partial charge in [0.1, 0.15) is 0 Å². The zero-order chi connectivity index (χ0) is 17.7. The molecule has 1 N–H and O–H groups in total. The minimum absolute atomic E-state index is 0.0161. The molecular weight excluding hydrogens is 315 g/mol. The summed E-state index contributed by atoms with van der Waals surface area (Å²) in [6.45, 7) is 5.43. The zero-order valence-electron chi connectivity index (χ0n) is 13.9. The van der Waals surface area contributed by atoms with E-state index in [1.54, 1.807) is 0 Å².